The van der Waals surface area contributed by atoms with E-state index in [1.807, 2.05) is 0 Å². The van der Waals surface area contributed by atoms with Crippen molar-refractivity contribution in [1.29, 1.82) is 5.26 Å². The third kappa shape index (κ3) is 2.70. The van der Waals surface area contributed by atoms with Crippen LogP contribution in [0.2, 0.25) is 0 Å². The molecule has 0 aromatic heterocycles. The zero-order chi connectivity index (χ0) is 13.0. The minimum atomic E-state index is -0.702. The highest BCUT2D eigenvalue weighted by atomic mass is 16.2. The highest BCUT2D eigenvalue weighted by Gasteiger charge is 2.50. The van der Waals surface area contributed by atoms with Crippen molar-refractivity contribution in [3.05, 3.63) is 35.4 Å². The van der Waals surface area contributed by atoms with E-state index in [-0.39, 0.29) is 5.91 Å². The number of hydrogen-bond acceptors (Lipinski definition) is 2. The van der Waals surface area contributed by atoms with Crippen molar-refractivity contribution in [3.63, 3.8) is 0 Å². The van der Waals surface area contributed by atoms with Gasteiger partial charge in [0.05, 0.1) is 6.07 Å². The lowest BCUT2D eigenvalue weighted by molar-refractivity contribution is -0.124. The third-order valence-electron chi connectivity index (χ3n) is 3.53. The minimum absolute atomic E-state index is 0.102. The number of nitriles is 1. The van der Waals surface area contributed by atoms with Gasteiger partial charge in [0.25, 0.3) is 0 Å². The number of hydrogen-bond donors (Lipinski definition) is 1. The Labute approximate surface area is 108 Å². The van der Waals surface area contributed by atoms with Gasteiger partial charge in [-0.25, -0.2) is 0 Å². The van der Waals surface area contributed by atoms with E-state index in [9.17, 15) is 4.79 Å². The lowest BCUT2D eigenvalue weighted by atomic mass is 10.1. The van der Waals surface area contributed by atoms with Gasteiger partial charge in [-0.3, -0.25) is 4.79 Å². The first-order chi connectivity index (χ1) is 8.70. The fraction of sp³-hybridized carbons (Fsp3) is 0.467. The van der Waals surface area contributed by atoms with E-state index in [1.165, 1.54) is 11.1 Å². The molecule has 2 rings (SSSR count). The standard InChI is InChI=1S/C15H18N2O/c1-2-12-3-5-13(6-4-12)7-10-17-14(18)15(11-16)8-9-15/h3-6H,2,7-10H2,1H3,(H,17,18). The van der Waals surface area contributed by atoms with Gasteiger partial charge in [0.1, 0.15) is 5.41 Å². The molecule has 1 aliphatic rings. The fourth-order valence-electron chi connectivity index (χ4n) is 1.95. The summed E-state index contributed by atoms with van der Waals surface area (Å²) in [5.74, 6) is -0.102. The van der Waals surface area contributed by atoms with Crippen LogP contribution in [-0.4, -0.2) is 12.5 Å². The predicted octanol–water partition coefficient (Wildman–Crippen LogP) is 2.21. The molecule has 0 aliphatic heterocycles. The zero-order valence-corrected chi connectivity index (χ0v) is 10.7. The van der Waals surface area contributed by atoms with Crippen LogP contribution < -0.4 is 5.32 Å². The molecule has 1 aromatic carbocycles. The van der Waals surface area contributed by atoms with Crippen molar-refractivity contribution in [2.75, 3.05) is 6.54 Å². The predicted molar refractivity (Wildman–Crippen MR) is 69.8 cm³/mol. The van der Waals surface area contributed by atoms with Crippen LogP contribution in [-0.2, 0) is 17.6 Å². The van der Waals surface area contributed by atoms with Gasteiger partial charge in [-0.1, -0.05) is 31.2 Å². The molecule has 0 saturated heterocycles. The Morgan fingerprint density at radius 3 is 2.44 bits per heavy atom. The molecule has 1 N–H and O–H groups in total. The first kappa shape index (κ1) is 12.6. The Morgan fingerprint density at radius 2 is 1.94 bits per heavy atom. The second kappa shape index (κ2) is 5.22. The molecular formula is C15H18N2O. The third-order valence-corrected chi connectivity index (χ3v) is 3.53. The number of nitrogens with zero attached hydrogens (tertiary/aromatic N) is 1. The number of nitrogens with one attached hydrogen (secondary N) is 1. The second-order valence-corrected chi connectivity index (χ2v) is 4.87. The van der Waals surface area contributed by atoms with E-state index in [1.54, 1.807) is 0 Å². The van der Waals surface area contributed by atoms with Crippen molar-refractivity contribution in [1.82, 2.24) is 5.32 Å². The van der Waals surface area contributed by atoms with Crippen LogP contribution in [0.5, 0.6) is 0 Å². The maximum absolute atomic E-state index is 11.7. The van der Waals surface area contributed by atoms with Crippen molar-refractivity contribution < 1.29 is 4.79 Å². The Kier molecular flexibility index (Phi) is 3.66. The summed E-state index contributed by atoms with van der Waals surface area (Å²) in [5, 5.41) is 11.7. The Hall–Kier alpha value is -1.82. The molecule has 0 spiro atoms. The molecule has 1 amide bonds. The van der Waals surface area contributed by atoms with Gasteiger partial charge in [-0.2, -0.15) is 5.26 Å². The maximum atomic E-state index is 11.7. The first-order valence-electron chi connectivity index (χ1n) is 6.47. The van der Waals surface area contributed by atoms with E-state index >= 15 is 0 Å². The SMILES string of the molecule is CCc1ccc(CCNC(=O)C2(C#N)CC2)cc1. The summed E-state index contributed by atoms with van der Waals surface area (Å²) in [6, 6.07) is 10.5. The van der Waals surface area contributed by atoms with Gasteiger partial charge >= 0.3 is 0 Å². The van der Waals surface area contributed by atoms with E-state index in [4.69, 9.17) is 5.26 Å². The van der Waals surface area contributed by atoms with Gasteiger partial charge in [-0.05, 0) is 36.8 Å². The molecule has 1 saturated carbocycles. The van der Waals surface area contributed by atoms with Crippen LogP contribution >= 0.6 is 0 Å². The smallest absolute Gasteiger partial charge is 0.240 e. The average molecular weight is 242 g/mol. The van der Waals surface area contributed by atoms with Gasteiger partial charge < -0.3 is 5.32 Å². The molecule has 1 fully saturated rings. The number of aryl methyl sites for hydroxylation is 1. The van der Waals surface area contributed by atoms with Crippen molar-refractivity contribution in [3.8, 4) is 6.07 Å². The topological polar surface area (TPSA) is 52.9 Å². The van der Waals surface area contributed by atoms with Gasteiger partial charge in [-0.15, -0.1) is 0 Å². The molecule has 18 heavy (non-hydrogen) atoms. The summed E-state index contributed by atoms with van der Waals surface area (Å²) < 4.78 is 0. The molecule has 3 nitrogen and oxygen atoms in total. The van der Waals surface area contributed by atoms with Crippen LogP contribution in [0.1, 0.15) is 30.9 Å². The lowest BCUT2D eigenvalue weighted by Gasteiger charge is -2.08. The molecule has 0 radical (unpaired) electrons. The van der Waals surface area contributed by atoms with Gasteiger partial charge in [0.15, 0.2) is 0 Å². The van der Waals surface area contributed by atoms with Gasteiger partial charge in [0.2, 0.25) is 5.91 Å². The van der Waals surface area contributed by atoms with Gasteiger partial charge in [0, 0.05) is 6.54 Å². The van der Waals surface area contributed by atoms with E-state index in [0.717, 1.165) is 12.8 Å². The summed E-state index contributed by atoms with van der Waals surface area (Å²) in [7, 11) is 0. The van der Waals surface area contributed by atoms with Crippen LogP contribution in [0.4, 0.5) is 0 Å². The summed E-state index contributed by atoms with van der Waals surface area (Å²) >= 11 is 0. The van der Waals surface area contributed by atoms with Crippen LogP contribution in [0.25, 0.3) is 0 Å². The zero-order valence-electron chi connectivity index (χ0n) is 10.7. The Bertz CT molecular complexity index is 466. The van der Waals surface area contributed by atoms with Crippen LogP contribution in [0.15, 0.2) is 24.3 Å². The number of benzene rings is 1. The van der Waals surface area contributed by atoms with Crippen molar-refractivity contribution >= 4 is 5.91 Å². The van der Waals surface area contributed by atoms with Crippen molar-refractivity contribution in [2.24, 2.45) is 5.41 Å². The van der Waals surface area contributed by atoms with Crippen molar-refractivity contribution in [2.45, 2.75) is 32.6 Å². The summed E-state index contributed by atoms with van der Waals surface area (Å²) in [5.41, 5.74) is 1.84. The monoisotopic (exact) mass is 242 g/mol. The Morgan fingerprint density at radius 1 is 1.33 bits per heavy atom. The maximum Gasteiger partial charge on any atom is 0.240 e. The first-order valence-corrected chi connectivity index (χ1v) is 6.47. The second-order valence-electron chi connectivity index (χ2n) is 4.87. The van der Waals surface area contributed by atoms with E-state index < -0.39 is 5.41 Å². The molecule has 94 valence electrons. The summed E-state index contributed by atoms with van der Waals surface area (Å²) in [6.07, 6.45) is 3.28. The van der Waals surface area contributed by atoms with Crippen LogP contribution in [0, 0.1) is 16.7 Å². The number of amides is 1. The fourth-order valence-corrected chi connectivity index (χ4v) is 1.95. The molecule has 0 atom stereocenters. The molecule has 0 unspecified atom stereocenters. The van der Waals surface area contributed by atoms with E-state index in [0.29, 0.717) is 19.4 Å². The molecule has 1 aromatic rings. The molecule has 1 aliphatic carbocycles. The number of rotatable bonds is 5. The summed E-state index contributed by atoms with van der Waals surface area (Å²) in [6.45, 7) is 2.74. The normalized spacial score (nSPS) is 15.8. The molecule has 3 heteroatoms. The quantitative estimate of drug-likeness (QED) is 0.860. The van der Waals surface area contributed by atoms with Crippen LogP contribution in [0.3, 0.4) is 0 Å². The minimum Gasteiger partial charge on any atom is -0.354 e. The molecular weight excluding hydrogens is 224 g/mol. The number of carbonyl (C=O) groups excluding carboxylic acids is 1. The highest BCUT2D eigenvalue weighted by Crippen LogP contribution is 2.44. The molecule has 0 bridgehead atoms. The van der Waals surface area contributed by atoms with E-state index in [2.05, 4.69) is 42.6 Å². The number of carbonyl (C=O) groups is 1. The average Bonchev–Trinajstić information content (AvgIpc) is 3.20. The lowest BCUT2D eigenvalue weighted by Crippen LogP contribution is -2.32. The Balaban J connectivity index is 1.78. The highest BCUT2D eigenvalue weighted by molar-refractivity contribution is 5.88. The largest absolute Gasteiger partial charge is 0.354 e. The summed E-state index contributed by atoms with van der Waals surface area (Å²) in [4.78, 5) is 11.7. The molecule has 0 heterocycles.